The lowest BCUT2D eigenvalue weighted by Crippen LogP contribution is -2.34. The average molecular weight is 405 g/mol. The molecule has 0 radical (unpaired) electrons. The van der Waals surface area contributed by atoms with Gasteiger partial charge in [-0.05, 0) is 31.7 Å². The first-order valence-corrected chi connectivity index (χ1v) is 9.49. The van der Waals surface area contributed by atoms with Crippen molar-refractivity contribution in [2.75, 3.05) is 11.9 Å². The fraction of sp³-hybridized carbons (Fsp3) is 0.400. The first kappa shape index (κ1) is 20.8. The van der Waals surface area contributed by atoms with Crippen LogP contribution in [0.2, 0.25) is 0 Å². The minimum atomic E-state index is -1.48. The molecule has 1 saturated carbocycles. The van der Waals surface area contributed by atoms with Crippen LogP contribution < -0.4 is 16.4 Å². The van der Waals surface area contributed by atoms with Crippen LogP contribution in [0.15, 0.2) is 37.0 Å². The first-order valence-electron chi connectivity index (χ1n) is 9.49. The molecule has 3 rings (SSSR count). The van der Waals surface area contributed by atoms with Crippen LogP contribution >= 0.6 is 0 Å². The highest BCUT2D eigenvalue weighted by Gasteiger charge is 2.24. The number of nitrogens with zero attached hydrogens (tertiary/aromatic N) is 1. The summed E-state index contributed by atoms with van der Waals surface area (Å²) >= 11 is 0. The highest BCUT2D eigenvalue weighted by Crippen LogP contribution is 2.27. The zero-order chi connectivity index (χ0) is 20.8. The number of H-pyrrole nitrogens is 1. The van der Waals surface area contributed by atoms with E-state index in [1.54, 1.807) is 12.3 Å². The first-order chi connectivity index (χ1) is 13.9. The number of rotatable bonds is 8. The van der Waals surface area contributed by atoms with Gasteiger partial charge in [-0.1, -0.05) is 24.8 Å². The number of benzene rings is 1. The van der Waals surface area contributed by atoms with Crippen molar-refractivity contribution < 1.29 is 18.3 Å². The van der Waals surface area contributed by atoms with Gasteiger partial charge in [-0.25, -0.2) is 13.6 Å². The predicted octanol–water partition coefficient (Wildman–Crippen LogP) is 3.64. The number of halogens is 2. The van der Waals surface area contributed by atoms with Crippen molar-refractivity contribution in [2.24, 2.45) is 5.73 Å². The molecule has 1 heterocycles. The maximum atomic E-state index is 14.2. The third kappa shape index (κ3) is 5.54. The van der Waals surface area contributed by atoms with E-state index in [0.29, 0.717) is 17.1 Å². The van der Waals surface area contributed by atoms with Crippen molar-refractivity contribution in [3.05, 3.63) is 54.0 Å². The van der Waals surface area contributed by atoms with Gasteiger partial charge in [0.1, 0.15) is 11.6 Å². The number of alkyl halides is 1. The van der Waals surface area contributed by atoms with Gasteiger partial charge in [0.25, 0.3) is 0 Å². The van der Waals surface area contributed by atoms with Crippen LogP contribution in [0.1, 0.15) is 43.0 Å². The number of nitrogens with two attached hydrogens (primary N) is 1. The standard InChI is InChI=1S/C20H25F2N5O2/c1-12(16-10-24-27-19(16)26-20(23)28)25-13-6-8-14(9-7-13)29-11-18(22)15-4-2-3-5-17(15)21/h2-5,10,13-14,18,25H,1,6-9,11H2,(H4,23,24,26,27,28)/t13-,14-,18?. The monoisotopic (exact) mass is 405 g/mol. The number of carbonyl (C=O) groups is 1. The third-order valence-electron chi connectivity index (χ3n) is 4.99. The SMILES string of the molecule is C=C(N[C@H]1CC[C@H](OCC(F)c2ccccc2F)CC1)c1cn[nH]c1NC(N)=O. The third-order valence-corrected chi connectivity index (χ3v) is 4.99. The molecule has 0 saturated heterocycles. The Kier molecular flexibility index (Phi) is 6.82. The van der Waals surface area contributed by atoms with Gasteiger partial charge in [-0.15, -0.1) is 0 Å². The quantitative estimate of drug-likeness (QED) is 0.538. The number of anilines is 1. The van der Waals surface area contributed by atoms with Gasteiger partial charge < -0.3 is 15.8 Å². The number of aromatic nitrogens is 2. The fourth-order valence-electron chi connectivity index (χ4n) is 3.47. The summed E-state index contributed by atoms with van der Waals surface area (Å²) in [7, 11) is 0. The average Bonchev–Trinajstić information content (AvgIpc) is 3.15. The Morgan fingerprint density at radius 2 is 2.07 bits per heavy atom. The molecule has 5 N–H and O–H groups in total. The van der Waals surface area contributed by atoms with Crippen molar-refractivity contribution in [3.8, 4) is 0 Å². The maximum absolute atomic E-state index is 14.2. The molecule has 156 valence electrons. The largest absolute Gasteiger partial charge is 0.382 e. The Morgan fingerprint density at radius 1 is 1.34 bits per heavy atom. The molecular weight excluding hydrogens is 380 g/mol. The number of hydrogen-bond acceptors (Lipinski definition) is 4. The number of aromatic amines is 1. The van der Waals surface area contributed by atoms with Gasteiger partial charge in [0.2, 0.25) is 0 Å². The molecule has 1 aliphatic carbocycles. The van der Waals surface area contributed by atoms with Crippen LogP contribution in [0.5, 0.6) is 0 Å². The second-order valence-electron chi connectivity index (χ2n) is 7.07. The molecule has 1 aromatic heterocycles. The molecule has 2 aromatic rings. The molecule has 29 heavy (non-hydrogen) atoms. The van der Waals surface area contributed by atoms with Crippen molar-refractivity contribution in [3.63, 3.8) is 0 Å². The number of urea groups is 1. The Hall–Kier alpha value is -2.94. The fourth-order valence-corrected chi connectivity index (χ4v) is 3.47. The number of nitrogens with one attached hydrogen (secondary N) is 3. The molecule has 1 aliphatic rings. The zero-order valence-corrected chi connectivity index (χ0v) is 16.0. The number of amides is 2. The summed E-state index contributed by atoms with van der Waals surface area (Å²) in [4.78, 5) is 11.0. The van der Waals surface area contributed by atoms with E-state index >= 15 is 0 Å². The topological polar surface area (TPSA) is 105 Å². The van der Waals surface area contributed by atoms with Gasteiger partial charge in [0.15, 0.2) is 6.17 Å². The predicted molar refractivity (Wildman–Crippen MR) is 106 cm³/mol. The van der Waals surface area contributed by atoms with Crippen molar-refractivity contribution >= 4 is 17.5 Å². The molecule has 0 spiro atoms. The van der Waals surface area contributed by atoms with Crippen LogP contribution in [0.4, 0.5) is 19.4 Å². The number of carbonyl (C=O) groups excluding carboxylic acids is 1. The molecule has 1 unspecified atom stereocenters. The molecule has 1 aromatic carbocycles. The molecule has 2 amide bonds. The normalized spacial score (nSPS) is 20.1. The maximum Gasteiger partial charge on any atom is 0.317 e. The summed E-state index contributed by atoms with van der Waals surface area (Å²) in [5.74, 6) is -0.173. The van der Waals surface area contributed by atoms with Crippen LogP contribution in [0, 0.1) is 5.82 Å². The zero-order valence-electron chi connectivity index (χ0n) is 16.0. The lowest BCUT2D eigenvalue weighted by atomic mass is 9.92. The summed E-state index contributed by atoms with van der Waals surface area (Å²) in [6, 6.07) is 5.31. The van der Waals surface area contributed by atoms with Crippen molar-refractivity contribution in [2.45, 2.75) is 44.0 Å². The van der Waals surface area contributed by atoms with Gasteiger partial charge in [-0.3, -0.25) is 10.4 Å². The van der Waals surface area contributed by atoms with Gasteiger partial charge >= 0.3 is 6.03 Å². The summed E-state index contributed by atoms with van der Waals surface area (Å²) in [5.41, 5.74) is 6.42. The Labute approximate surface area is 167 Å². The molecule has 1 atom stereocenters. The number of primary amides is 1. The van der Waals surface area contributed by atoms with E-state index in [1.807, 2.05) is 0 Å². The molecular formula is C20H25F2N5O2. The summed E-state index contributed by atoms with van der Waals surface area (Å²) in [6.07, 6.45) is 3.16. The van der Waals surface area contributed by atoms with Crippen LogP contribution in [0.25, 0.3) is 5.70 Å². The van der Waals surface area contributed by atoms with Gasteiger partial charge in [-0.2, -0.15) is 5.10 Å². The second kappa shape index (κ2) is 9.51. The van der Waals surface area contributed by atoms with Crippen LogP contribution in [-0.2, 0) is 4.74 Å². The van der Waals surface area contributed by atoms with Gasteiger partial charge in [0, 0.05) is 17.3 Å². The Balaban J connectivity index is 1.44. The highest BCUT2D eigenvalue weighted by atomic mass is 19.1. The molecule has 1 fully saturated rings. The molecule has 0 bridgehead atoms. The van der Waals surface area contributed by atoms with E-state index in [2.05, 4.69) is 27.4 Å². The van der Waals surface area contributed by atoms with E-state index in [1.165, 1.54) is 18.2 Å². The summed E-state index contributed by atoms with van der Waals surface area (Å²) in [6.45, 7) is 3.84. The second-order valence-corrected chi connectivity index (χ2v) is 7.07. The lowest BCUT2D eigenvalue weighted by Gasteiger charge is -2.30. The van der Waals surface area contributed by atoms with Crippen molar-refractivity contribution in [1.29, 1.82) is 0 Å². The minimum Gasteiger partial charge on any atom is -0.382 e. The van der Waals surface area contributed by atoms with Crippen LogP contribution in [-0.4, -0.2) is 35.0 Å². The van der Waals surface area contributed by atoms with Crippen molar-refractivity contribution in [1.82, 2.24) is 15.5 Å². The smallest absolute Gasteiger partial charge is 0.317 e. The molecule has 7 nitrogen and oxygen atoms in total. The van der Waals surface area contributed by atoms with E-state index in [4.69, 9.17) is 10.5 Å². The summed E-state index contributed by atoms with van der Waals surface area (Å²) in [5, 5.41) is 12.3. The molecule has 0 aliphatic heterocycles. The number of hydrogen-bond donors (Lipinski definition) is 4. The Morgan fingerprint density at radius 3 is 2.76 bits per heavy atom. The summed E-state index contributed by atoms with van der Waals surface area (Å²) < 4.78 is 33.6. The van der Waals surface area contributed by atoms with Crippen LogP contribution in [0.3, 0.4) is 0 Å². The Bertz CT molecular complexity index is 849. The van der Waals surface area contributed by atoms with E-state index in [-0.39, 0.29) is 24.3 Å². The van der Waals surface area contributed by atoms with Gasteiger partial charge in [0.05, 0.1) is 24.5 Å². The molecule has 9 heteroatoms. The van der Waals surface area contributed by atoms with E-state index in [0.717, 1.165) is 25.7 Å². The highest BCUT2D eigenvalue weighted by molar-refractivity contribution is 5.90. The van der Waals surface area contributed by atoms with E-state index < -0.39 is 18.0 Å². The van der Waals surface area contributed by atoms with E-state index in [9.17, 15) is 13.6 Å². The number of ether oxygens (including phenoxy) is 1. The lowest BCUT2D eigenvalue weighted by molar-refractivity contribution is -0.00513. The minimum absolute atomic E-state index is 0.0274.